The molecule has 234 valence electrons. The number of hydrazine groups is 1. The van der Waals surface area contributed by atoms with Gasteiger partial charge in [-0.2, -0.15) is 0 Å². The van der Waals surface area contributed by atoms with Gasteiger partial charge in [0, 0.05) is 42.9 Å². The molecule has 44 heavy (non-hydrogen) atoms. The van der Waals surface area contributed by atoms with Crippen molar-refractivity contribution in [3.8, 4) is 12.3 Å². The molecule has 9 nitrogen and oxygen atoms in total. The van der Waals surface area contributed by atoms with Crippen LogP contribution in [0.25, 0.3) is 0 Å². The van der Waals surface area contributed by atoms with E-state index >= 15 is 0 Å². The fourth-order valence-corrected chi connectivity index (χ4v) is 5.98. The van der Waals surface area contributed by atoms with Crippen LogP contribution in [0, 0.1) is 12.3 Å². The lowest BCUT2D eigenvalue weighted by Gasteiger charge is -2.30. The van der Waals surface area contributed by atoms with Crippen molar-refractivity contribution in [2.45, 2.75) is 57.1 Å². The minimum atomic E-state index is -3.88. The molecule has 2 amide bonds. The van der Waals surface area contributed by atoms with E-state index in [9.17, 15) is 23.1 Å². The van der Waals surface area contributed by atoms with Crippen molar-refractivity contribution < 1.29 is 23.1 Å². The molecule has 10 heteroatoms. The van der Waals surface area contributed by atoms with Gasteiger partial charge in [-0.1, -0.05) is 75.2 Å². The van der Waals surface area contributed by atoms with Crippen LogP contribution in [0.3, 0.4) is 0 Å². The molecule has 0 aliphatic heterocycles. The third-order valence-electron chi connectivity index (χ3n) is 7.05. The molecule has 0 aromatic heterocycles. The van der Waals surface area contributed by atoms with Crippen LogP contribution in [0.1, 0.15) is 65.5 Å². The number of rotatable bonds is 16. The summed E-state index contributed by atoms with van der Waals surface area (Å²) in [6.45, 7) is 7.08. The number of hydrogen-bond acceptors (Lipinski definition) is 6. The Balaban J connectivity index is 1.87. The van der Waals surface area contributed by atoms with Gasteiger partial charge < -0.3 is 15.3 Å². The molecular formula is C34H42N4O5S. The summed E-state index contributed by atoms with van der Waals surface area (Å²) < 4.78 is 25.9. The third kappa shape index (κ3) is 9.76. The number of nitrogens with zero attached hydrogens (tertiary/aromatic N) is 2. The summed E-state index contributed by atoms with van der Waals surface area (Å²) in [5, 5.41) is 15.7. The Kier molecular flexibility index (Phi) is 13.1. The van der Waals surface area contributed by atoms with Crippen molar-refractivity contribution in [1.82, 2.24) is 20.1 Å². The predicted octanol–water partition coefficient (Wildman–Crippen LogP) is 3.85. The Bertz CT molecular complexity index is 1520. The first kappa shape index (κ1) is 34.5. The highest BCUT2D eigenvalue weighted by molar-refractivity contribution is 7.89. The van der Waals surface area contributed by atoms with Gasteiger partial charge in [-0.25, -0.2) is 13.4 Å². The van der Waals surface area contributed by atoms with Crippen molar-refractivity contribution in [1.29, 1.82) is 0 Å². The zero-order valence-corrected chi connectivity index (χ0v) is 26.4. The minimum Gasteiger partial charge on any atom is -0.390 e. The molecule has 0 aliphatic carbocycles. The van der Waals surface area contributed by atoms with Gasteiger partial charge in [0.2, 0.25) is 0 Å². The van der Waals surface area contributed by atoms with Crippen molar-refractivity contribution in [3.63, 3.8) is 0 Å². The second kappa shape index (κ2) is 16.7. The number of terminal acetylenes is 1. The van der Waals surface area contributed by atoms with Gasteiger partial charge in [0.1, 0.15) is 0 Å². The van der Waals surface area contributed by atoms with Gasteiger partial charge in [0.05, 0.1) is 17.0 Å². The monoisotopic (exact) mass is 618 g/mol. The lowest BCUT2D eigenvalue weighted by atomic mass is 9.99. The molecule has 0 bridgehead atoms. The van der Waals surface area contributed by atoms with E-state index in [1.165, 1.54) is 29.3 Å². The van der Waals surface area contributed by atoms with Crippen LogP contribution in [-0.4, -0.2) is 73.6 Å². The molecule has 3 aromatic rings. The zero-order chi connectivity index (χ0) is 32.1. The van der Waals surface area contributed by atoms with Crippen LogP contribution in [0.2, 0.25) is 0 Å². The normalized spacial score (nSPS) is 12.7. The molecule has 0 saturated carbocycles. The number of aliphatic hydroxyl groups excluding tert-OH is 1. The minimum absolute atomic E-state index is 0.0947. The molecule has 2 atom stereocenters. The number of carbonyl (C=O) groups excluding carboxylic acids is 2. The maximum absolute atomic E-state index is 13.6. The van der Waals surface area contributed by atoms with E-state index in [0.29, 0.717) is 24.2 Å². The van der Waals surface area contributed by atoms with Crippen molar-refractivity contribution in [2.75, 3.05) is 26.2 Å². The lowest BCUT2D eigenvalue weighted by Crippen LogP contribution is -2.53. The summed E-state index contributed by atoms with van der Waals surface area (Å²) in [5.41, 5.74) is 1.77. The molecule has 0 aliphatic rings. The first-order chi connectivity index (χ1) is 21.1. The second-order valence-corrected chi connectivity index (χ2v) is 12.2. The molecule has 3 N–H and O–H groups in total. The molecule has 3 aromatic carbocycles. The van der Waals surface area contributed by atoms with E-state index in [-0.39, 0.29) is 35.9 Å². The maximum atomic E-state index is 13.6. The van der Waals surface area contributed by atoms with Gasteiger partial charge in [0.25, 0.3) is 21.8 Å². The van der Waals surface area contributed by atoms with Crippen LogP contribution < -0.4 is 10.1 Å². The number of likely N-dealkylation sites (N-methyl/N-ethyl adjacent to an activating group) is 1. The Morgan fingerprint density at radius 3 is 2.07 bits per heavy atom. The number of amides is 2. The van der Waals surface area contributed by atoms with Crippen molar-refractivity contribution >= 4 is 21.8 Å². The Hall–Kier alpha value is -4.01. The number of nitrogens with one attached hydrogen (secondary N) is 2. The molecule has 3 rings (SSSR count). The summed E-state index contributed by atoms with van der Waals surface area (Å²) >= 11 is 0. The fourth-order valence-electron chi connectivity index (χ4n) is 4.81. The van der Waals surface area contributed by atoms with Gasteiger partial charge in [0.15, 0.2) is 0 Å². The van der Waals surface area contributed by atoms with E-state index in [1.807, 2.05) is 44.2 Å². The van der Waals surface area contributed by atoms with E-state index in [1.54, 1.807) is 36.1 Å². The largest absolute Gasteiger partial charge is 0.390 e. The standard InChI is InChI=1S/C34H42N4O5S/c1-5-19-37(20-6-2)34(41)29-22-26(7-3)21-28(24-29)33(40)35-31(23-27-15-11-9-12-16-27)32(39)25-38(8-4)36-44(42,43)30-17-13-10-14-18-30/h3,9-18,21-22,24,31-32,36,39H,5-6,8,19-20,23,25H2,1-2,4H3,(H,35,40). The van der Waals surface area contributed by atoms with Crippen molar-refractivity contribution in [2.24, 2.45) is 0 Å². The fraction of sp³-hybridized carbons (Fsp3) is 0.353. The average molecular weight is 619 g/mol. The summed E-state index contributed by atoms with van der Waals surface area (Å²) in [4.78, 5) is 31.3. The molecular weight excluding hydrogens is 576 g/mol. The topological polar surface area (TPSA) is 119 Å². The van der Waals surface area contributed by atoms with Gasteiger partial charge in [-0.3, -0.25) is 9.59 Å². The van der Waals surface area contributed by atoms with Crippen molar-refractivity contribution in [3.05, 3.63) is 101 Å². The highest BCUT2D eigenvalue weighted by Crippen LogP contribution is 2.16. The number of carbonyl (C=O) groups is 2. The third-order valence-corrected chi connectivity index (χ3v) is 8.45. The molecule has 0 spiro atoms. The highest BCUT2D eigenvalue weighted by Gasteiger charge is 2.27. The Labute approximate surface area is 261 Å². The number of benzene rings is 3. The average Bonchev–Trinajstić information content (AvgIpc) is 3.04. The van der Waals surface area contributed by atoms with Gasteiger partial charge >= 0.3 is 0 Å². The summed E-state index contributed by atoms with van der Waals surface area (Å²) in [6.07, 6.45) is 6.39. The van der Waals surface area contributed by atoms with Crippen LogP contribution in [0.5, 0.6) is 0 Å². The van der Waals surface area contributed by atoms with Crippen LogP contribution in [-0.2, 0) is 16.4 Å². The first-order valence-electron chi connectivity index (χ1n) is 14.9. The quantitative estimate of drug-likeness (QED) is 0.166. The Morgan fingerprint density at radius 1 is 0.909 bits per heavy atom. The molecule has 2 unspecified atom stereocenters. The first-order valence-corrected chi connectivity index (χ1v) is 16.4. The van der Waals surface area contributed by atoms with Crippen LogP contribution >= 0.6 is 0 Å². The van der Waals surface area contributed by atoms with E-state index in [0.717, 1.165) is 18.4 Å². The lowest BCUT2D eigenvalue weighted by molar-refractivity contribution is 0.0635. The second-order valence-electron chi connectivity index (χ2n) is 10.5. The molecule has 0 fully saturated rings. The smallest absolute Gasteiger partial charge is 0.253 e. The van der Waals surface area contributed by atoms with Gasteiger partial charge in [-0.15, -0.1) is 11.3 Å². The molecule has 0 radical (unpaired) electrons. The maximum Gasteiger partial charge on any atom is 0.253 e. The van der Waals surface area contributed by atoms with Gasteiger partial charge in [-0.05, 0) is 55.2 Å². The number of aliphatic hydroxyl groups is 1. The number of sulfonamides is 1. The zero-order valence-electron chi connectivity index (χ0n) is 25.6. The van der Waals surface area contributed by atoms with E-state index < -0.39 is 28.1 Å². The highest BCUT2D eigenvalue weighted by atomic mass is 32.2. The Morgan fingerprint density at radius 2 is 1.50 bits per heavy atom. The summed E-state index contributed by atoms with van der Waals surface area (Å²) in [6, 6.07) is 21.2. The predicted molar refractivity (Wildman–Crippen MR) is 172 cm³/mol. The molecule has 0 heterocycles. The number of hydrogen-bond donors (Lipinski definition) is 3. The van der Waals surface area contributed by atoms with Crippen LogP contribution in [0.15, 0.2) is 83.8 Å². The SMILES string of the molecule is C#Cc1cc(C(=O)NC(Cc2ccccc2)C(O)CN(CC)NS(=O)(=O)c2ccccc2)cc(C(=O)N(CCC)CCC)c1. The summed E-state index contributed by atoms with van der Waals surface area (Å²) in [5.74, 6) is 1.82. The molecule has 0 saturated heterocycles. The van der Waals surface area contributed by atoms with E-state index in [2.05, 4.69) is 16.1 Å². The summed E-state index contributed by atoms with van der Waals surface area (Å²) in [7, 11) is -3.88. The van der Waals surface area contributed by atoms with E-state index in [4.69, 9.17) is 6.42 Å². The van der Waals surface area contributed by atoms with Crippen LogP contribution in [0.4, 0.5) is 0 Å².